The third-order valence-electron chi connectivity index (χ3n) is 4.40. The Kier molecular flexibility index (Phi) is 6.25. The van der Waals surface area contributed by atoms with E-state index in [1.54, 1.807) is 6.07 Å². The van der Waals surface area contributed by atoms with Gasteiger partial charge in [-0.1, -0.05) is 6.07 Å². The molecular formula is C19H24N4O2S. The molecule has 0 aliphatic carbocycles. The maximum absolute atomic E-state index is 12.0. The molecule has 7 heteroatoms. The molecule has 2 heterocycles. The van der Waals surface area contributed by atoms with Crippen molar-refractivity contribution in [3.8, 4) is 0 Å². The minimum atomic E-state index is -0.135. The van der Waals surface area contributed by atoms with Crippen molar-refractivity contribution in [3.05, 3.63) is 46.7 Å². The van der Waals surface area contributed by atoms with Crippen LogP contribution < -0.4 is 15.5 Å². The van der Waals surface area contributed by atoms with E-state index in [0.29, 0.717) is 11.4 Å². The van der Waals surface area contributed by atoms with Crippen LogP contribution in [-0.4, -0.2) is 56.5 Å². The van der Waals surface area contributed by atoms with Gasteiger partial charge in [0.2, 0.25) is 5.91 Å². The number of carbonyl (C=O) groups is 2. The van der Waals surface area contributed by atoms with E-state index in [2.05, 4.69) is 27.5 Å². The number of nitrogens with zero attached hydrogens (tertiary/aromatic N) is 2. The number of likely N-dealkylation sites (N-methyl/N-ethyl adjacent to an activating group) is 1. The second-order valence-corrected chi connectivity index (χ2v) is 7.32. The third-order valence-corrected chi connectivity index (χ3v) is 5.27. The molecule has 1 aromatic heterocycles. The summed E-state index contributed by atoms with van der Waals surface area (Å²) < 4.78 is 0. The van der Waals surface area contributed by atoms with Gasteiger partial charge in [-0.3, -0.25) is 9.59 Å². The molecule has 1 fully saturated rings. The molecule has 3 rings (SSSR count). The first-order chi connectivity index (χ1) is 12.6. The first-order valence-electron chi connectivity index (χ1n) is 8.77. The predicted octanol–water partition coefficient (Wildman–Crippen LogP) is 2.26. The monoisotopic (exact) mass is 372 g/mol. The zero-order valence-electron chi connectivity index (χ0n) is 14.9. The fourth-order valence-electron chi connectivity index (χ4n) is 2.83. The molecule has 0 atom stereocenters. The summed E-state index contributed by atoms with van der Waals surface area (Å²) >= 11 is 1.39. The second kappa shape index (κ2) is 8.82. The molecule has 2 N–H and O–H groups in total. The first kappa shape index (κ1) is 18.4. The van der Waals surface area contributed by atoms with Crippen LogP contribution in [0.25, 0.3) is 0 Å². The smallest absolute Gasteiger partial charge is 0.261 e. The summed E-state index contributed by atoms with van der Waals surface area (Å²) in [5.41, 5.74) is 1.96. The standard InChI is InChI=1S/C19H24N4O2S/c1-22-10-12-23(13-11-22)16-6-4-15(5-7-16)21-18(24)8-9-20-19(25)17-3-2-14-26-17/h2-7,14H,8-13H2,1H3,(H,20,25)(H,21,24). The Morgan fingerprint density at radius 1 is 1.08 bits per heavy atom. The van der Waals surface area contributed by atoms with Gasteiger partial charge >= 0.3 is 0 Å². The van der Waals surface area contributed by atoms with Gasteiger partial charge in [-0.15, -0.1) is 11.3 Å². The van der Waals surface area contributed by atoms with E-state index in [1.165, 1.54) is 17.0 Å². The van der Waals surface area contributed by atoms with E-state index >= 15 is 0 Å². The lowest BCUT2D eigenvalue weighted by molar-refractivity contribution is -0.116. The highest BCUT2D eigenvalue weighted by Crippen LogP contribution is 2.19. The van der Waals surface area contributed by atoms with Crippen molar-refractivity contribution in [1.29, 1.82) is 0 Å². The van der Waals surface area contributed by atoms with Crippen molar-refractivity contribution in [2.75, 3.05) is 50.0 Å². The average molecular weight is 372 g/mol. The molecule has 2 amide bonds. The summed E-state index contributed by atoms with van der Waals surface area (Å²) in [5.74, 6) is -0.242. The number of hydrogen-bond donors (Lipinski definition) is 2. The molecule has 26 heavy (non-hydrogen) atoms. The van der Waals surface area contributed by atoms with Crippen molar-refractivity contribution in [2.24, 2.45) is 0 Å². The highest BCUT2D eigenvalue weighted by molar-refractivity contribution is 7.12. The average Bonchev–Trinajstić information content (AvgIpc) is 3.18. The van der Waals surface area contributed by atoms with Gasteiger partial charge < -0.3 is 20.4 Å². The minimum absolute atomic E-state index is 0.108. The number of hydrogen-bond acceptors (Lipinski definition) is 5. The number of amides is 2. The molecule has 1 saturated heterocycles. The van der Waals surface area contributed by atoms with Crippen LogP contribution in [-0.2, 0) is 4.79 Å². The lowest BCUT2D eigenvalue weighted by atomic mass is 10.2. The Morgan fingerprint density at radius 3 is 2.46 bits per heavy atom. The Labute approximate surface area is 157 Å². The van der Waals surface area contributed by atoms with Gasteiger partial charge in [0, 0.05) is 50.5 Å². The molecular weight excluding hydrogens is 348 g/mol. The van der Waals surface area contributed by atoms with E-state index in [-0.39, 0.29) is 18.2 Å². The summed E-state index contributed by atoms with van der Waals surface area (Å²) in [4.78, 5) is 29.2. The van der Waals surface area contributed by atoms with Crippen LogP contribution in [0.2, 0.25) is 0 Å². The summed E-state index contributed by atoms with van der Waals surface area (Å²) in [6.45, 7) is 4.49. The number of thiophene rings is 1. The number of piperazine rings is 1. The van der Waals surface area contributed by atoms with Gasteiger partial charge in [-0.25, -0.2) is 0 Å². The van der Waals surface area contributed by atoms with Gasteiger partial charge in [0.25, 0.3) is 5.91 Å². The molecule has 1 aliphatic heterocycles. The highest BCUT2D eigenvalue weighted by atomic mass is 32.1. The summed E-state index contributed by atoms with van der Waals surface area (Å²) in [5, 5.41) is 7.49. The zero-order valence-corrected chi connectivity index (χ0v) is 15.7. The van der Waals surface area contributed by atoms with Crippen LogP contribution in [0.4, 0.5) is 11.4 Å². The van der Waals surface area contributed by atoms with Crippen LogP contribution in [0, 0.1) is 0 Å². The van der Waals surface area contributed by atoms with Gasteiger partial charge in [0.05, 0.1) is 4.88 Å². The molecule has 138 valence electrons. The normalized spacial score (nSPS) is 14.9. The van der Waals surface area contributed by atoms with Gasteiger partial charge in [0.15, 0.2) is 0 Å². The molecule has 6 nitrogen and oxygen atoms in total. The number of carbonyl (C=O) groups excluding carboxylic acids is 2. The molecule has 0 unspecified atom stereocenters. The fourth-order valence-corrected chi connectivity index (χ4v) is 3.47. The predicted molar refractivity (Wildman–Crippen MR) is 106 cm³/mol. The third kappa shape index (κ3) is 5.06. The van der Waals surface area contributed by atoms with Crippen LogP contribution in [0.3, 0.4) is 0 Å². The Hall–Kier alpha value is -2.38. The van der Waals surface area contributed by atoms with E-state index in [9.17, 15) is 9.59 Å². The molecule has 1 aromatic carbocycles. The maximum atomic E-state index is 12.0. The lowest BCUT2D eigenvalue weighted by Gasteiger charge is -2.34. The van der Waals surface area contributed by atoms with Crippen molar-refractivity contribution in [1.82, 2.24) is 10.2 Å². The number of rotatable bonds is 6. The zero-order chi connectivity index (χ0) is 18.4. The van der Waals surface area contributed by atoms with Crippen molar-refractivity contribution in [2.45, 2.75) is 6.42 Å². The Balaban J connectivity index is 1.42. The molecule has 0 spiro atoms. The minimum Gasteiger partial charge on any atom is -0.369 e. The summed E-state index contributed by atoms with van der Waals surface area (Å²) in [7, 11) is 2.14. The van der Waals surface area contributed by atoms with Gasteiger partial charge in [-0.05, 0) is 42.8 Å². The Morgan fingerprint density at radius 2 is 1.81 bits per heavy atom. The summed E-state index contributed by atoms with van der Waals surface area (Å²) in [6, 6.07) is 11.5. The number of anilines is 2. The lowest BCUT2D eigenvalue weighted by Crippen LogP contribution is -2.44. The van der Waals surface area contributed by atoms with Crippen molar-refractivity contribution in [3.63, 3.8) is 0 Å². The number of nitrogens with one attached hydrogen (secondary N) is 2. The van der Waals surface area contributed by atoms with Crippen molar-refractivity contribution < 1.29 is 9.59 Å². The Bertz CT molecular complexity index is 723. The fraction of sp³-hybridized carbons (Fsp3) is 0.368. The van der Waals surface area contributed by atoms with Crippen LogP contribution >= 0.6 is 11.3 Å². The molecule has 0 bridgehead atoms. The van der Waals surface area contributed by atoms with E-state index in [1.807, 2.05) is 35.7 Å². The SMILES string of the molecule is CN1CCN(c2ccc(NC(=O)CCNC(=O)c3cccs3)cc2)CC1. The van der Waals surface area contributed by atoms with Crippen LogP contribution in [0.15, 0.2) is 41.8 Å². The molecule has 0 radical (unpaired) electrons. The first-order valence-corrected chi connectivity index (χ1v) is 9.65. The van der Waals surface area contributed by atoms with E-state index in [4.69, 9.17) is 0 Å². The number of benzene rings is 1. The van der Waals surface area contributed by atoms with E-state index in [0.717, 1.165) is 31.9 Å². The van der Waals surface area contributed by atoms with Gasteiger partial charge in [0.1, 0.15) is 0 Å². The topological polar surface area (TPSA) is 64.7 Å². The van der Waals surface area contributed by atoms with Crippen LogP contribution in [0.1, 0.15) is 16.1 Å². The summed E-state index contributed by atoms with van der Waals surface area (Å²) in [6.07, 6.45) is 0.247. The maximum Gasteiger partial charge on any atom is 0.261 e. The second-order valence-electron chi connectivity index (χ2n) is 6.37. The molecule has 2 aromatic rings. The molecule has 1 aliphatic rings. The largest absolute Gasteiger partial charge is 0.369 e. The highest BCUT2D eigenvalue weighted by Gasteiger charge is 2.14. The molecule has 0 saturated carbocycles. The quantitative estimate of drug-likeness (QED) is 0.816. The van der Waals surface area contributed by atoms with Crippen LogP contribution in [0.5, 0.6) is 0 Å². The van der Waals surface area contributed by atoms with Crippen molar-refractivity contribution >= 4 is 34.5 Å². The van der Waals surface area contributed by atoms with Gasteiger partial charge in [-0.2, -0.15) is 0 Å². The van der Waals surface area contributed by atoms with E-state index < -0.39 is 0 Å².